The van der Waals surface area contributed by atoms with E-state index in [4.69, 9.17) is 0 Å². The molecule has 0 aliphatic heterocycles. The molecule has 0 fully saturated rings. The highest BCUT2D eigenvalue weighted by atomic mass is 19.4. The summed E-state index contributed by atoms with van der Waals surface area (Å²) >= 11 is 0. The monoisotopic (exact) mass is 276 g/mol. The molecule has 1 N–H and O–H groups in total. The minimum atomic E-state index is -4.18. The van der Waals surface area contributed by atoms with Crippen LogP contribution in [0, 0.1) is 0 Å². The number of anilines is 1. The van der Waals surface area contributed by atoms with Crippen LogP contribution in [0.4, 0.5) is 19.0 Å². The molecule has 19 heavy (non-hydrogen) atoms. The smallest absolute Gasteiger partial charge is 0.390 e. The van der Waals surface area contributed by atoms with Crippen molar-refractivity contribution in [2.45, 2.75) is 39.0 Å². The zero-order valence-corrected chi connectivity index (χ0v) is 11.3. The topological polar surface area (TPSA) is 36.4 Å². The predicted octanol–water partition coefficient (Wildman–Crippen LogP) is 3.09. The first-order valence-electron chi connectivity index (χ1n) is 6.12. The molecule has 1 heterocycles. The summed E-state index contributed by atoms with van der Waals surface area (Å²) in [4.78, 5) is 5.79. The van der Waals surface area contributed by atoms with Crippen molar-refractivity contribution >= 4 is 5.82 Å². The lowest BCUT2D eigenvalue weighted by Crippen LogP contribution is -2.25. The zero-order valence-electron chi connectivity index (χ0n) is 11.3. The van der Waals surface area contributed by atoms with Gasteiger partial charge in [-0.1, -0.05) is 13.8 Å². The standard InChI is InChI=1S/C13H19F3N2O/c1-9(2)11-6-10(8-19)7-12(17-11)18(3)5-4-13(14,15)16/h6-7,9,19H,4-5,8H2,1-3H3. The van der Waals surface area contributed by atoms with E-state index >= 15 is 0 Å². The van der Waals surface area contributed by atoms with Crippen LogP contribution < -0.4 is 4.90 Å². The van der Waals surface area contributed by atoms with Gasteiger partial charge >= 0.3 is 6.18 Å². The molecule has 1 rings (SSSR count). The van der Waals surface area contributed by atoms with E-state index in [-0.39, 0.29) is 19.1 Å². The molecule has 0 aromatic carbocycles. The molecule has 0 atom stereocenters. The number of nitrogens with zero attached hydrogens (tertiary/aromatic N) is 2. The molecule has 0 saturated carbocycles. The number of hydrogen-bond acceptors (Lipinski definition) is 3. The Kier molecular flexibility index (Phi) is 5.17. The van der Waals surface area contributed by atoms with E-state index in [9.17, 15) is 18.3 Å². The predicted molar refractivity (Wildman–Crippen MR) is 68.2 cm³/mol. The van der Waals surface area contributed by atoms with Gasteiger partial charge in [0.15, 0.2) is 0 Å². The Balaban J connectivity index is 2.89. The second-order valence-corrected chi connectivity index (χ2v) is 4.86. The maximum absolute atomic E-state index is 12.2. The summed E-state index contributed by atoms with van der Waals surface area (Å²) in [5, 5.41) is 9.18. The molecule has 0 aliphatic carbocycles. The van der Waals surface area contributed by atoms with E-state index in [0.717, 1.165) is 5.69 Å². The largest absolute Gasteiger partial charge is 0.392 e. The van der Waals surface area contributed by atoms with Gasteiger partial charge in [-0.2, -0.15) is 13.2 Å². The van der Waals surface area contributed by atoms with Gasteiger partial charge in [0.25, 0.3) is 0 Å². The third-order valence-corrected chi connectivity index (χ3v) is 2.79. The highest BCUT2D eigenvalue weighted by Crippen LogP contribution is 2.23. The summed E-state index contributed by atoms with van der Waals surface area (Å²) in [5.41, 5.74) is 1.42. The highest BCUT2D eigenvalue weighted by molar-refractivity contribution is 5.42. The Hall–Kier alpha value is -1.30. The average Bonchev–Trinajstić information content (AvgIpc) is 2.34. The van der Waals surface area contributed by atoms with Crippen LogP contribution in [0.2, 0.25) is 0 Å². The van der Waals surface area contributed by atoms with Gasteiger partial charge in [-0.25, -0.2) is 4.98 Å². The van der Waals surface area contributed by atoms with Crippen LogP contribution in [0.1, 0.15) is 37.4 Å². The summed E-state index contributed by atoms with van der Waals surface area (Å²) in [6.45, 7) is 3.59. The van der Waals surface area contributed by atoms with Crippen molar-refractivity contribution in [1.82, 2.24) is 4.98 Å². The molecule has 6 heteroatoms. The second kappa shape index (κ2) is 6.23. The number of pyridine rings is 1. The molecule has 0 bridgehead atoms. The number of rotatable bonds is 5. The third kappa shape index (κ3) is 5.06. The number of aliphatic hydroxyl groups is 1. The Labute approximate surface area is 111 Å². The number of halogens is 3. The summed E-state index contributed by atoms with van der Waals surface area (Å²) in [5.74, 6) is 0.612. The van der Waals surface area contributed by atoms with Crippen molar-refractivity contribution in [3.8, 4) is 0 Å². The minimum absolute atomic E-state index is 0.150. The van der Waals surface area contributed by atoms with Crippen LogP contribution in [0.5, 0.6) is 0 Å². The molecule has 1 aromatic rings. The average molecular weight is 276 g/mol. The Morgan fingerprint density at radius 3 is 2.42 bits per heavy atom. The molecule has 3 nitrogen and oxygen atoms in total. The Morgan fingerprint density at radius 1 is 1.32 bits per heavy atom. The van der Waals surface area contributed by atoms with Gasteiger partial charge in [0.1, 0.15) is 5.82 Å². The number of aromatic nitrogens is 1. The number of alkyl halides is 3. The van der Waals surface area contributed by atoms with Crippen molar-refractivity contribution < 1.29 is 18.3 Å². The molecule has 0 aliphatic rings. The van der Waals surface area contributed by atoms with Crippen LogP contribution in [0.3, 0.4) is 0 Å². The van der Waals surface area contributed by atoms with Gasteiger partial charge in [0.2, 0.25) is 0 Å². The normalized spacial score (nSPS) is 12.0. The lowest BCUT2D eigenvalue weighted by atomic mass is 10.1. The highest BCUT2D eigenvalue weighted by Gasteiger charge is 2.27. The second-order valence-electron chi connectivity index (χ2n) is 4.86. The molecule has 108 valence electrons. The van der Waals surface area contributed by atoms with Gasteiger partial charge in [-0.15, -0.1) is 0 Å². The van der Waals surface area contributed by atoms with Gasteiger partial charge in [0, 0.05) is 19.3 Å². The van der Waals surface area contributed by atoms with E-state index in [0.29, 0.717) is 11.4 Å². The maximum Gasteiger partial charge on any atom is 0.390 e. The molecule has 1 aromatic heterocycles. The third-order valence-electron chi connectivity index (χ3n) is 2.79. The first-order chi connectivity index (χ1) is 8.73. The van der Waals surface area contributed by atoms with Gasteiger partial charge in [-0.3, -0.25) is 0 Å². The first kappa shape index (κ1) is 15.8. The van der Waals surface area contributed by atoms with Crippen molar-refractivity contribution in [1.29, 1.82) is 0 Å². The Bertz CT molecular complexity index is 419. The van der Waals surface area contributed by atoms with E-state index in [2.05, 4.69) is 4.98 Å². The maximum atomic E-state index is 12.2. The Morgan fingerprint density at radius 2 is 1.95 bits per heavy atom. The lowest BCUT2D eigenvalue weighted by molar-refractivity contribution is -0.132. The number of aliphatic hydroxyl groups excluding tert-OH is 1. The van der Waals surface area contributed by atoms with Crippen LogP contribution in [0.15, 0.2) is 12.1 Å². The van der Waals surface area contributed by atoms with Crippen LogP contribution in [-0.4, -0.2) is 29.9 Å². The van der Waals surface area contributed by atoms with Gasteiger partial charge < -0.3 is 10.0 Å². The van der Waals surface area contributed by atoms with Gasteiger partial charge in [-0.05, 0) is 23.6 Å². The van der Waals surface area contributed by atoms with Gasteiger partial charge in [0.05, 0.1) is 13.0 Å². The fourth-order valence-corrected chi connectivity index (χ4v) is 1.59. The quantitative estimate of drug-likeness (QED) is 0.897. The lowest BCUT2D eigenvalue weighted by Gasteiger charge is -2.21. The van der Waals surface area contributed by atoms with Crippen molar-refractivity contribution in [3.05, 3.63) is 23.4 Å². The van der Waals surface area contributed by atoms with E-state index < -0.39 is 12.6 Å². The van der Waals surface area contributed by atoms with Crippen molar-refractivity contribution in [3.63, 3.8) is 0 Å². The summed E-state index contributed by atoms with van der Waals surface area (Å²) < 4.78 is 36.6. The summed E-state index contributed by atoms with van der Waals surface area (Å²) in [7, 11) is 1.57. The van der Waals surface area contributed by atoms with Crippen LogP contribution >= 0.6 is 0 Å². The molecular weight excluding hydrogens is 257 g/mol. The van der Waals surface area contributed by atoms with Crippen LogP contribution in [0.25, 0.3) is 0 Å². The zero-order chi connectivity index (χ0) is 14.6. The molecule has 0 spiro atoms. The number of hydrogen-bond donors (Lipinski definition) is 1. The molecular formula is C13H19F3N2O. The van der Waals surface area contributed by atoms with Crippen molar-refractivity contribution in [2.24, 2.45) is 0 Å². The SMILES string of the molecule is CC(C)c1cc(CO)cc(N(C)CCC(F)(F)F)n1. The first-order valence-corrected chi connectivity index (χ1v) is 6.12. The summed E-state index contributed by atoms with van der Waals surface area (Å²) in [6.07, 6.45) is -5.06. The van der Waals surface area contributed by atoms with Crippen molar-refractivity contribution in [2.75, 3.05) is 18.5 Å². The molecule has 0 unspecified atom stereocenters. The van der Waals surface area contributed by atoms with E-state index in [1.54, 1.807) is 19.2 Å². The molecule has 0 saturated heterocycles. The minimum Gasteiger partial charge on any atom is -0.392 e. The fourth-order valence-electron chi connectivity index (χ4n) is 1.59. The fraction of sp³-hybridized carbons (Fsp3) is 0.615. The van der Waals surface area contributed by atoms with E-state index in [1.165, 1.54) is 4.90 Å². The van der Waals surface area contributed by atoms with E-state index in [1.807, 2.05) is 13.8 Å². The summed E-state index contributed by atoms with van der Waals surface area (Å²) in [6, 6.07) is 3.38. The molecule has 0 radical (unpaired) electrons. The van der Waals surface area contributed by atoms with Crippen LogP contribution in [-0.2, 0) is 6.61 Å². The molecule has 0 amide bonds.